The molecule has 1 heterocycles. The Morgan fingerprint density at radius 3 is 1.21 bits per heavy atom. The van der Waals surface area contributed by atoms with E-state index in [1.165, 1.54) is 231 Å². The summed E-state index contributed by atoms with van der Waals surface area (Å²) in [5.41, 5.74) is 0. The van der Waals surface area contributed by atoms with Crippen molar-refractivity contribution in [3.8, 4) is 0 Å². The predicted octanol–water partition coefficient (Wildman–Crippen LogP) is 15.1. The summed E-state index contributed by atoms with van der Waals surface area (Å²) in [5, 5.41) is 54.2. The predicted molar refractivity (Wildman–Crippen MR) is 295 cm³/mol. The molecule has 0 aliphatic carbocycles. The van der Waals surface area contributed by atoms with Crippen molar-refractivity contribution >= 4 is 5.91 Å². The molecule has 6 N–H and O–H groups in total. The maximum atomic E-state index is 13.0. The lowest BCUT2D eigenvalue weighted by Crippen LogP contribution is -2.60. The van der Waals surface area contributed by atoms with E-state index in [1.54, 1.807) is 6.08 Å². The minimum absolute atomic E-state index is 0.184. The van der Waals surface area contributed by atoms with Crippen LogP contribution in [-0.2, 0) is 14.3 Å². The summed E-state index contributed by atoms with van der Waals surface area (Å²) < 4.78 is 11.2. The Balaban J connectivity index is 2.02. The zero-order valence-corrected chi connectivity index (χ0v) is 45.8. The maximum Gasteiger partial charge on any atom is 0.220 e. The van der Waals surface area contributed by atoms with Crippen molar-refractivity contribution < 1.29 is 39.8 Å². The third-order valence-corrected chi connectivity index (χ3v) is 14.4. The van der Waals surface area contributed by atoms with Crippen LogP contribution in [0.25, 0.3) is 0 Å². The van der Waals surface area contributed by atoms with Gasteiger partial charge in [0.1, 0.15) is 24.4 Å². The Kier molecular flexibility index (Phi) is 48.3. The summed E-state index contributed by atoms with van der Waals surface area (Å²) in [5.74, 6) is -0.184. The van der Waals surface area contributed by atoms with Crippen LogP contribution < -0.4 is 5.32 Å². The molecule has 0 saturated carbocycles. The average molecular weight is 991 g/mol. The second kappa shape index (κ2) is 50.9. The summed E-state index contributed by atoms with van der Waals surface area (Å²) in [6.45, 7) is 3.74. The number of nitrogens with one attached hydrogen (secondary N) is 1. The van der Waals surface area contributed by atoms with Crippen LogP contribution in [0.5, 0.6) is 0 Å². The molecule has 1 rings (SSSR count). The number of hydrogen-bond acceptors (Lipinski definition) is 8. The van der Waals surface area contributed by atoms with Gasteiger partial charge in [-0.25, -0.2) is 0 Å². The summed E-state index contributed by atoms with van der Waals surface area (Å²) in [7, 11) is 0. The molecule has 7 unspecified atom stereocenters. The second-order valence-electron chi connectivity index (χ2n) is 21.1. The average Bonchev–Trinajstić information content (AvgIpc) is 3.36. The largest absolute Gasteiger partial charge is 0.394 e. The van der Waals surface area contributed by atoms with Crippen LogP contribution in [0.4, 0.5) is 0 Å². The highest BCUT2D eigenvalue weighted by Gasteiger charge is 2.44. The van der Waals surface area contributed by atoms with E-state index in [-0.39, 0.29) is 12.5 Å². The first-order valence-corrected chi connectivity index (χ1v) is 30.2. The van der Waals surface area contributed by atoms with Crippen LogP contribution in [0, 0.1) is 0 Å². The number of carbonyl (C=O) groups excluding carboxylic acids is 1. The van der Waals surface area contributed by atoms with Crippen LogP contribution in [0.15, 0.2) is 36.5 Å². The number of unbranched alkanes of at least 4 members (excludes halogenated alkanes) is 38. The van der Waals surface area contributed by atoms with Crippen molar-refractivity contribution in [2.24, 2.45) is 0 Å². The third kappa shape index (κ3) is 39.9. The molecule has 0 radical (unpaired) electrons. The molecule has 0 aromatic carbocycles. The fourth-order valence-corrected chi connectivity index (χ4v) is 9.64. The Bertz CT molecular complexity index is 1190. The number of aliphatic hydroxyl groups is 5. The highest BCUT2D eigenvalue weighted by molar-refractivity contribution is 5.76. The molecule has 1 aliphatic rings. The molecular formula is C61H115NO8. The van der Waals surface area contributed by atoms with Gasteiger partial charge in [0.25, 0.3) is 0 Å². The van der Waals surface area contributed by atoms with E-state index in [0.29, 0.717) is 6.42 Å². The molecule has 1 fully saturated rings. The van der Waals surface area contributed by atoms with Crippen molar-refractivity contribution in [3.63, 3.8) is 0 Å². The van der Waals surface area contributed by atoms with E-state index >= 15 is 0 Å². The van der Waals surface area contributed by atoms with Crippen LogP contribution in [0.2, 0.25) is 0 Å². The molecule has 1 aliphatic heterocycles. The van der Waals surface area contributed by atoms with Crippen molar-refractivity contribution in [1.82, 2.24) is 5.32 Å². The van der Waals surface area contributed by atoms with Gasteiger partial charge >= 0.3 is 0 Å². The van der Waals surface area contributed by atoms with E-state index in [9.17, 15) is 30.3 Å². The number of allylic oxidation sites excluding steroid dienone is 5. The van der Waals surface area contributed by atoms with Gasteiger partial charge in [-0.2, -0.15) is 0 Å². The molecule has 412 valence electrons. The zero-order valence-electron chi connectivity index (χ0n) is 45.8. The lowest BCUT2D eigenvalue weighted by atomic mass is 9.99. The van der Waals surface area contributed by atoms with Gasteiger partial charge in [0.2, 0.25) is 5.91 Å². The monoisotopic (exact) mass is 990 g/mol. The van der Waals surface area contributed by atoms with Crippen LogP contribution in [0.3, 0.4) is 0 Å². The van der Waals surface area contributed by atoms with E-state index in [2.05, 4.69) is 43.5 Å². The van der Waals surface area contributed by atoms with Gasteiger partial charge in [-0.1, -0.05) is 262 Å². The van der Waals surface area contributed by atoms with Gasteiger partial charge in [-0.15, -0.1) is 0 Å². The SMILES string of the molecule is CCCCCC/C=C/CC/C=C/C(O)C(COC1OC(CO)C(O)C(O)C1O)NC(=O)CCCCCCCCCCCCCCCCCCCCCCCCCCC/C=C\CCCCCCCCCC. The molecule has 0 aromatic heterocycles. The quantitative estimate of drug-likeness (QED) is 0.0261. The Labute approximate surface area is 431 Å². The van der Waals surface area contributed by atoms with Crippen molar-refractivity contribution in [2.45, 2.75) is 333 Å². The highest BCUT2D eigenvalue weighted by atomic mass is 16.7. The zero-order chi connectivity index (χ0) is 50.8. The first-order valence-electron chi connectivity index (χ1n) is 30.2. The summed E-state index contributed by atoms with van der Waals surface area (Å²) in [4.78, 5) is 13.0. The first kappa shape index (κ1) is 66.4. The molecule has 70 heavy (non-hydrogen) atoms. The standard InChI is InChI=1S/C61H115NO8/c1-3-5-7-9-11-13-15-16-17-18-19-20-21-22-23-24-25-26-27-28-29-30-31-32-33-34-35-36-37-38-39-40-41-43-45-47-49-51-57(65)62-54(53-69-61-60(68)59(67)58(66)56(52-63)70-61)55(64)50-48-46-44-42-14-12-10-8-6-4-2/h14,18-19,42,48,50,54-56,58-61,63-64,66-68H,3-13,15-17,20-41,43-47,49,51-53H2,1-2H3,(H,62,65)/b19-18-,42-14+,50-48+. The maximum absolute atomic E-state index is 13.0. The van der Waals surface area contributed by atoms with Crippen molar-refractivity contribution in [2.75, 3.05) is 13.2 Å². The lowest BCUT2D eigenvalue weighted by Gasteiger charge is -2.40. The number of aliphatic hydroxyl groups excluding tert-OH is 5. The Morgan fingerprint density at radius 2 is 0.814 bits per heavy atom. The summed E-state index contributed by atoms with van der Waals surface area (Å²) >= 11 is 0. The van der Waals surface area contributed by atoms with Crippen molar-refractivity contribution in [3.05, 3.63) is 36.5 Å². The topological polar surface area (TPSA) is 149 Å². The first-order chi connectivity index (χ1) is 34.3. The van der Waals surface area contributed by atoms with Gasteiger partial charge in [0.05, 0.1) is 25.4 Å². The Hall–Kier alpha value is -1.59. The summed E-state index contributed by atoms with van der Waals surface area (Å²) in [6, 6.07) is -0.818. The molecular weight excluding hydrogens is 875 g/mol. The molecule has 7 atom stereocenters. The second-order valence-corrected chi connectivity index (χ2v) is 21.1. The molecule has 0 spiro atoms. The van der Waals surface area contributed by atoms with Gasteiger partial charge in [0, 0.05) is 6.42 Å². The molecule has 9 nitrogen and oxygen atoms in total. The number of amides is 1. The van der Waals surface area contributed by atoms with E-state index in [4.69, 9.17) is 9.47 Å². The fraction of sp³-hybridized carbons (Fsp3) is 0.885. The highest BCUT2D eigenvalue weighted by Crippen LogP contribution is 2.23. The molecule has 0 bridgehead atoms. The van der Waals surface area contributed by atoms with Crippen molar-refractivity contribution in [1.29, 1.82) is 0 Å². The van der Waals surface area contributed by atoms with Crippen LogP contribution in [0.1, 0.15) is 290 Å². The minimum Gasteiger partial charge on any atom is -0.394 e. The molecule has 1 saturated heterocycles. The van der Waals surface area contributed by atoms with Gasteiger partial charge in [-0.05, 0) is 57.8 Å². The van der Waals surface area contributed by atoms with E-state index in [0.717, 1.165) is 38.5 Å². The van der Waals surface area contributed by atoms with Gasteiger partial charge < -0.3 is 40.3 Å². The molecule has 1 amide bonds. The van der Waals surface area contributed by atoms with E-state index in [1.807, 2.05) is 6.08 Å². The van der Waals surface area contributed by atoms with Gasteiger partial charge in [-0.3, -0.25) is 4.79 Å². The number of ether oxygens (including phenoxy) is 2. The van der Waals surface area contributed by atoms with E-state index < -0.39 is 49.5 Å². The normalized spacial score (nSPS) is 19.6. The smallest absolute Gasteiger partial charge is 0.220 e. The molecule has 0 aromatic rings. The van der Waals surface area contributed by atoms with Crippen LogP contribution in [-0.4, -0.2) is 87.5 Å². The third-order valence-electron chi connectivity index (χ3n) is 14.4. The number of hydrogen-bond donors (Lipinski definition) is 6. The van der Waals surface area contributed by atoms with Gasteiger partial charge in [0.15, 0.2) is 6.29 Å². The summed E-state index contributed by atoms with van der Waals surface area (Å²) in [6.07, 6.45) is 59.8. The number of rotatable bonds is 52. The minimum atomic E-state index is -1.57. The molecule has 9 heteroatoms. The van der Waals surface area contributed by atoms with Crippen LogP contribution >= 0.6 is 0 Å². The Morgan fingerprint density at radius 1 is 0.471 bits per heavy atom. The lowest BCUT2D eigenvalue weighted by molar-refractivity contribution is -0.302. The number of carbonyl (C=O) groups is 1. The fourth-order valence-electron chi connectivity index (χ4n) is 9.64.